The van der Waals surface area contributed by atoms with E-state index in [-0.39, 0.29) is 0 Å². The van der Waals surface area contributed by atoms with Crippen LogP contribution < -0.4 is 10.6 Å². The summed E-state index contributed by atoms with van der Waals surface area (Å²) in [5.74, 6) is 0.627. The van der Waals surface area contributed by atoms with Crippen LogP contribution in [0.1, 0.15) is 52.4 Å². The van der Waals surface area contributed by atoms with Crippen molar-refractivity contribution in [2.45, 2.75) is 64.5 Å². The maximum Gasteiger partial charge on any atom is 0.0434 e. The Labute approximate surface area is 106 Å². The van der Waals surface area contributed by atoms with E-state index in [1.165, 1.54) is 32.2 Å². The van der Waals surface area contributed by atoms with Crippen LogP contribution in [0.2, 0.25) is 0 Å². The van der Waals surface area contributed by atoms with Gasteiger partial charge in [-0.3, -0.25) is 0 Å². The number of rotatable bonds is 8. The van der Waals surface area contributed by atoms with E-state index in [0.29, 0.717) is 24.6 Å². The van der Waals surface area contributed by atoms with Crippen LogP contribution in [0.3, 0.4) is 0 Å². The van der Waals surface area contributed by atoms with Crippen molar-refractivity contribution >= 4 is 0 Å². The number of hydrogen-bond donors (Lipinski definition) is 3. The second-order valence-corrected chi connectivity index (χ2v) is 5.48. The van der Waals surface area contributed by atoms with Gasteiger partial charge in [0.15, 0.2) is 0 Å². The van der Waals surface area contributed by atoms with Crippen molar-refractivity contribution in [1.82, 2.24) is 10.6 Å². The number of nitrogens with one attached hydrogen (secondary N) is 2. The summed E-state index contributed by atoms with van der Waals surface area (Å²) in [6.07, 6.45) is 7.37. The van der Waals surface area contributed by atoms with E-state index in [0.717, 1.165) is 19.4 Å². The number of aliphatic hydroxyl groups is 1. The van der Waals surface area contributed by atoms with E-state index >= 15 is 0 Å². The molecule has 1 heterocycles. The van der Waals surface area contributed by atoms with Crippen LogP contribution in [0, 0.1) is 5.92 Å². The minimum absolute atomic E-state index is 0.318. The molecule has 0 aromatic rings. The summed E-state index contributed by atoms with van der Waals surface area (Å²) in [5, 5.41) is 16.2. The van der Waals surface area contributed by atoms with Crippen molar-refractivity contribution < 1.29 is 5.11 Å². The minimum Gasteiger partial charge on any atom is -0.396 e. The first kappa shape index (κ1) is 14.9. The van der Waals surface area contributed by atoms with Gasteiger partial charge in [0.2, 0.25) is 0 Å². The van der Waals surface area contributed by atoms with E-state index in [1.54, 1.807) is 0 Å². The van der Waals surface area contributed by atoms with Crippen molar-refractivity contribution in [2.24, 2.45) is 5.92 Å². The quantitative estimate of drug-likeness (QED) is 0.609. The smallest absolute Gasteiger partial charge is 0.0434 e. The predicted molar refractivity (Wildman–Crippen MR) is 73.2 cm³/mol. The molecule has 17 heavy (non-hydrogen) atoms. The molecule has 3 atom stereocenters. The molecule has 0 saturated carbocycles. The highest BCUT2D eigenvalue weighted by Crippen LogP contribution is 2.12. The largest absolute Gasteiger partial charge is 0.396 e. The van der Waals surface area contributed by atoms with Crippen LogP contribution in [0.25, 0.3) is 0 Å². The molecule has 102 valence electrons. The fourth-order valence-corrected chi connectivity index (χ4v) is 2.64. The lowest BCUT2D eigenvalue weighted by Gasteiger charge is -2.27. The third kappa shape index (κ3) is 6.39. The van der Waals surface area contributed by atoms with Gasteiger partial charge in [-0.1, -0.05) is 19.8 Å². The van der Waals surface area contributed by atoms with Gasteiger partial charge in [-0.15, -0.1) is 0 Å². The summed E-state index contributed by atoms with van der Waals surface area (Å²) in [6.45, 7) is 7.04. The Balaban J connectivity index is 2.12. The molecule has 1 rings (SSSR count). The second kappa shape index (κ2) is 8.90. The lowest BCUT2D eigenvalue weighted by molar-refractivity contribution is 0.246. The van der Waals surface area contributed by atoms with Gasteiger partial charge in [-0.2, -0.15) is 0 Å². The Bertz CT molecular complexity index is 181. The molecule has 1 aliphatic heterocycles. The fraction of sp³-hybridized carbons (Fsp3) is 1.00. The molecule has 1 fully saturated rings. The third-order valence-electron chi connectivity index (χ3n) is 3.92. The lowest BCUT2D eigenvalue weighted by Crippen LogP contribution is -2.41. The molecule has 0 aromatic carbocycles. The maximum absolute atomic E-state index is 8.96. The second-order valence-electron chi connectivity index (χ2n) is 5.48. The Morgan fingerprint density at radius 2 is 2.24 bits per heavy atom. The average molecular weight is 242 g/mol. The van der Waals surface area contributed by atoms with Crippen LogP contribution in [0.15, 0.2) is 0 Å². The number of aliphatic hydroxyl groups excluding tert-OH is 1. The van der Waals surface area contributed by atoms with Gasteiger partial charge in [0.05, 0.1) is 0 Å². The molecule has 3 N–H and O–H groups in total. The first-order chi connectivity index (χ1) is 8.26. The summed E-state index contributed by atoms with van der Waals surface area (Å²) >= 11 is 0. The molecule has 0 amide bonds. The standard InChI is InChI=1S/C14H30N2O/c1-3-13(7-9-17)11-16-12(2)10-14-6-4-5-8-15-14/h12-17H,3-11H2,1-2H3. The van der Waals surface area contributed by atoms with E-state index in [1.807, 2.05) is 0 Å². The summed E-state index contributed by atoms with van der Waals surface area (Å²) in [5.41, 5.74) is 0. The number of hydrogen-bond acceptors (Lipinski definition) is 3. The summed E-state index contributed by atoms with van der Waals surface area (Å²) in [4.78, 5) is 0. The molecule has 0 bridgehead atoms. The van der Waals surface area contributed by atoms with Crippen molar-refractivity contribution in [1.29, 1.82) is 0 Å². The molecular weight excluding hydrogens is 212 g/mol. The molecule has 0 aliphatic carbocycles. The highest BCUT2D eigenvalue weighted by molar-refractivity contribution is 4.77. The molecule has 0 aromatic heterocycles. The Morgan fingerprint density at radius 3 is 2.82 bits per heavy atom. The first-order valence-corrected chi connectivity index (χ1v) is 7.33. The normalized spacial score (nSPS) is 24.5. The van der Waals surface area contributed by atoms with E-state index in [4.69, 9.17) is 5.11 Å². The molecule has 0 radical (unpaired) electrons. The van der Waals surface area contributed by atoms with Crippen molar-refractivity contribution in [3.05, 3.63) is 0 Å². The number of piperidine rings is 1. The third-order valence-corrected chi connectivity index (χ3v) is 3.92. The zero-order valence-electron chi connectivity index (χ0n) is 11.5. The Hall–Kier alpha value is -0.120. The predicted octanol–water partition coefficient (Wildman–Crippen LogP) is 1.91. The van der Waals surface area contributed by atoms with Crippen LogP contribution in [0.4, 0.5) is 0 Å². The molecule has 3 unspecified atom stereocenters. The van der Waals surface area contributed by atoms with Gasteiger partial charge in [0.25, 0.3) is 0 Å². The van der Waals surface area contributed by atoms with E-state index in [9.17, 15) is 0 Å². The monoisotopic (exact) mass is 242 g/mol. The van der Waals surface area contributed by atoms with Crippen LogP contribution in [0.5, 0.6) is 0 Å². The highest BCUT2D eigenvalue weighted by atomic mass is 16.3. The molecule has 1 saturated heterocycles. The van der Waals surface area contributed by atoms with Crippen LogP contribution in [-0.2, 0) is 0 Å². The van der Waals surface area contributed by atoms with Gasteiger partial charge in [0, 0.05) is 18.7 Å². The van der Waals surface area contributed by atoms with Gasteiger partial charge in [-0.05, 0) is 51.6 Å². The van der Waals surface area contributed by atoms with Crippen molar-refractivity contribution in [2.75, 3.05) is 19.7 Å². The van der Waals surface area contributed by atoms with Gasteiger partial charge in [-0.25, -0.2) is 0 Å². The first-order valence-electron chi connectivity index (χ1n) is 7.33. The Kier molecular flexibility index (Phi) is 7.82. The van der Waals surface area contributed by atoms with Crippen molar-refractivity contribution in [3.63, 3.8) is 0 Å². The SMILES string of the molecule is CCC(CCO)CNC(C)CC1CCCCN1. The van der Waals surface area contributed by atoms with E-state index < -0.39 is 0 Å². The van der Waals surface area contributed by atoms with Crippen LogP contribution in [-0.4, -0.2) is 36.9 Å². The van der Waals surface area contributed by atoms with Gasteiger partial charge < -0.3 is 15.7 Å². The maximum atomic E-state index is 8.96. The molecule has 3 heteroatoms. The van der Waals surface area contributed by atoms with Gasteiger partial charge >= 0.3 is 0 Å². The summed E-state index contributed by atoms with van der Waals surface area (Å²) in [7, 11) is 0. The minimum atomic E-state index is 0.318. The fourth-order valence-electron chi connectivity index (χ4n) is 2.64. The lowest BCUT2D eigenvalue weighted by atomic mass is 9.98. The van der Waals surface area contributed by atoms with Crippen molar-refractivity contribution in [3.8, 4) is 0 Å². The molecule has 0 spiro atoms. The molecule has 3 nitrogen and oxygen atoms in total. The van der Waals surface area contributed by atoms with E-state index in [2.05, 4.69) is 24.5 Å². The molecule has 1 aliphatic rings. The van der Waals surface area contributed by atoms with Gasteiger partial charge in [0.1, 0.15) is 0 Å². The topological polar surface area (TPSA) is 44.3 Å². The highest BCUT2D eigenvalue weighted by Gasteiger charge is 2.16. The average Bonchev–Trinajstić information content (AvgIpc) is 2.35. The summed E-state index contributed by atoms with van der Waals surface area (Å²) in [6, 6.07) is 1.29. The molecular formula is C14H30N2O. The zero-order valence-corrected chi connectivity index (χ0v) is 11.5. The zero-order chi connectivity index (χ0) is 12.5. The Morgan fingerprint density at radius 1 is 1.41 bits per heavy atom. The van der Waals surface area contributed by atoms with Crippen LogP contribution >= 0.6 is 0 Å². The summed E-state index contributed by atoms with van der Waals surface area (Å²) < 4.78 is 0.